The molecular weight excluding hydrogens is 494 g/mol. The molecule has 0 aliphatic carbocycles. The van der Waals surface area contributed by atoms with E-state index in [1.165, 1.54) is 36.7 Å². The van der Waals surface area contributed by atoms with Gasteiger partial charge in [-0.15, -0.1) is 0 Å². The first-order valence-corrected chi connectivity index (χ1v) is 21.6. The minimum absolute atomic E-state index is 0.0874. The molecule has 0 saturated carbocycles. The van der Waals surface area contributed by atoms with Gasteiger partial charge in [0, 0.05) is 0 Å². The van der Waals surface area contributed by atoms with Crippen LogP contribution in [0.15, 0.2) is 46.7 Å². The molecule has 0 aromatic carbocycles. The van der Waals surface area contributed by atoms with Gasteiger partial charge in [-0.2, -0.15) is 0 Å². The van der Waals surface area contributed by atoms with Crippen LogP contribution < -0.4 is 0 Å². The summed E-state index contributed by atoms with van der Waals surface area (Å²) in [4.78, 5) is 28.7. The Morgan fingerprint density at radius 2 is 1.30 bits per heavy atom. The zero-order valence-electron chi connectivity index (χ0n) is 11.0. The molecule has 0 atom stereocenters. The van der Waals surface area contributed by atoms with Crippen LogP contribution >= 0.6 is 35.7 Å². The van der Waals surface area contributed by atoms with Crippen LogP contribution in [0.4, 0.5) is 11.4 Å². The van der Waals surface area contributed by atoms with E-state index in [4.69, 9.17) is 17.8 Å². The van der Waals surface area contributed by atoms with Crippen LogP contribution in [0.2, 0.25) is 0 Å². The average Bonchev–Trinajstić information content (AvgIpc) is 2.47. The molecule has 23 heavy (non-hydrogen) atoms. The predicted molar refractivity (Wildman–Crippen MR) is 91.0 cm³/mol. The molecular formula is C10H6Cl2N4O4S2Sn. The summed E-state index contributed by atoms with van der Waals surface area (Å²) in [6.45, 7) is 0. The molecule has 120 valence electrons. The van der Waals surface area contributed by atoms with Gasteiger partial charge in [-0.1, -0.05) is 0 Å². The number of nitrogens with zero attached hydrogens (tertiary/aromatic N) is 4. The summed E-state index contributed by atoms with van der Waals surface area (Å²) in [5.74, 6) is 0. The molecule has 0 aliphatic rings. The Morgan fingerprint density at radius 1 is 0.913 bits per heavy atom. The fourth-order valence-electron chi connectivity index (χ4n) is 1.45. The van der Waals surface area contributed by atoms with E-state index in [9.17, 15) is 20.2 Å². The van der Waals surface area contributed by atoms with Crippen LogP contribution in [0.1, 0.15) is 0 Å². The third-order valence-electron chi connectivity index (χ3n) is 2.33. The van der Waals surface area contributed by atoms with E-state index in [0.29, 0.717) is 0 Å². The summed E-state index contributed by atoms with van der Waals surface area (Å²) >= 11 is -4.11. The molecule has 2 aromatic rings. The van der Waals surface area contributed by atoms with Crippen molar-refractivity contribution in [3.05, 3.63) is 56.9 Å². The first-order chi connectivity index (χ1) is 10.8. The van der Waals surface area contributed by atoms with Crippen molar-refractivity contribution in [2.45, 2.75) is 10.1 Å². The Balaban J connectivity index is 2.27. The molecule has 0 N–H and O–H groups in total. The monoisotopic (exact) mass is 500 g/mol. The SMILES string of the molecule is O=[N+]([O-])c1cccnc1[S][Sn]([Cl])([Cl])[S]c1ncccc1[N+](=O)[O-]. The van der Waals surface area contributed by atoms with E-state index in [1.807, 2.05) is 0 Å². The van der Waals surface area contributed by atoms with E-state index >= 15 is 0 Å². The molecule has 13 heteroatoms. The Hall–Kier alpha value is -0.821. The second-order valence-corrected chi connectivity index (χ2v) is 36.0. The summed E-state index contributed by atoms with van der Waals surface area (Å²) in [5, 5.41) is 22.2. The van der Waals surface area contributed by atoms with Crippen molar-refractivity contribution in [3.63, 3.8) is 0 Å². The number of aromatic nitrogens is 2. The number of hydrogen-bond acceptors (Lipinski definition) is 8. The Labute approximate surface area is 146 Å². The van der Waals surface area contributed by atoms with Gasteiger partial charge in [0.25, 0.3) is 0 Å². The molecule has 0 spiro atoms. The quantitative estimate of drug-likeness (QED) is 0.332. The third-order valence-corrected chi connectivity index (χ3v) is 20.8. The van der Waals surface area contributed by atoms with Crippen LogP contribution in [0, 0.1) is 20.2 Å². The summed E-state index contributed by atoms with van der Waals surface area (Å²) in [6, 6.07) is 5.44. The van der Waals surface area contributed by atoms with E-state index in [-0.39, 0.29) is 21.4 Å². The maximum absolute atomic E-state index is 11.0. The fraction of sp³-hybridized carbons (Fsp3) is 0. The van der Waals surface area contributed by atoms with Crippen molar-refractivity contribution in [2.75, 3.05) is 0 Å². The Kier molecular flexibility index (Phi) is 6.31. The van der Waals surface area contributed by atoms with E-state index in [0.717, 1.165) is 17.9 Å². The van der Waals surface area contributed by atoms with Crippen LogP contribution in [0.25, 0.3) is 0 Å². The summed E-state index contributed by atoms with van der Waals surface area (Å²) < 4.78 is 0. The van der Waals surface area contributed by atoms with Crippen molar-refractivity contribution in [3.8, 4) is 0 Å². The zero-order valence-corrected chi connectivity index (χ0v) is 17.0. The molecule has 0 amide bonds. The van der Waals surface area contributed by atoms with Crippen molar-refractivity contribution < 1.29 is 9.85 Å². The second-order valence-electron chi connectivity index (χ2n) is 3.84. The third kappa shape index (κ3) is 5.08. The van der Waals surface area contributed by atoms with Crippen LogP contribution in [0.5, 0.6) is 0 Å². The number of rotatable bonds is 6. The van der Waals surface area contributed by atoms with Gasteiger partial charge in [0.15, 0.2) is 0 Å². The number of nitro groups is 2. The number of hydrogen-bond donors (Lipinski definition) is 0. The molecule has 0 fully saturated rings. The molecule has 0 saturated heterocycles. The molecule has 0 radical (unpaired) electrons. The Morgan fingerprint density at radius 3 is 1.65 bits per heavy atom. The predicted octanol–water partition coefficient (Wildman–Crippen LogP) is 4.09. The van der Waals surface area contributed by atoms with Gasteiger partial charge in [0.1, 0.15) is 0 Å². The van der Waals surface area contributed by atoms with Gasteiger partial charge in [0.05, 0.1) is 0 Å². The molecule has 8 nitrogen and oxygen atoms in total. The zero-order chi connectivity index (χ0) is 17.0. The Bertz CT molecular complexity index is 706. The van der Waals surface area contributed by atoms with Gasteiger partial charge in [-0.3, -0.25) is 0 Å². The number of pyridine rings is 2. The van der Waals surface area contributed by atoms with E-state index < -0.39 is 23.2 Å². The van der Waals surface area contributed by atoms with Crippen LogP contribution in [0.3, 0.4) is 0 Å². The van der Waals surface area contributed by atoms with E-state index in [2.05, 4.69) is 9.97 Å². The second kappa shape index (κ2) is 7.83. The van der Waals surface area contributed by atoms with Crippen molar-refractivity contribution in [2.24, 2.45) is 0 Å². The summed E-state index contributed by atoms with van der Waals surface area (Å²) in [5.41, 5.74) is -0.424. The molecule has 0 aliphatic heterocycles. The van der Waals surface area contributed by atoms with Crippen molar-refractivity contribution in [1.29, 1.82) is 0 Å². The van der Waals surface area contributed by atoms with Gasteiger partial charge in [-0.05, 0) is 0 Å². The molecule has 0 unspecified atom stereocenters. The first-order valence-electron chi connectivity index (χ1n) is 5.75. The van der Waals surface area contributed by atoms with E-state index in [1.54, 1.807) is 0 Å². The first kappa shape index (κ1) is 18.5. The van der Waals surface area contributed by atoms with Gasteiger partial charge in [-0.25, -0.2) is 0 Å². The van der Waals surface area contributed by atoms with Gasteiger partial charge >= 0.3 is 147 Å². The summed E-state index contributed by atoms with van der Waals surface area (Å²) in [7, 11) is 14.5. The van der Waals surface area contributed by atoms with Crippen molar-refractivity contribution >= 4 is 60.5 Å². The normalized spacial score (nSPS) is 11.2. The summed E-state index contributed by atoms with van der Waals surface area (Å²) in [6.07, 6.45) is 2.78. The molecule has 0 bridgehead atoms. The van der Waals surface area contributed by atoms with Crippen LogP contribution in [-0.2, 0) is 0 Å². The van der Waals surface area contributed by atoms with Gasteiger partial charge < -0.3 is 0 Å². The van der Waals surface area contributed by atoms with Gasteiger partial charge in [0.2, 0.25) is 0 Å². The molecule has 2 heterocycles. The fourth-order valence-corrected chi connectivity index (χ4v) is 19.5. The molecule has 2 rings (SSSR count). The maximum atomic E-state index is 11.0. The van der Waals surface area contributed by atoms with Crippen LogP contribution in [-0.4, -0.2) is 33.2 Å². The number of halogens is 2. The molecule has 2 aromatic heterocycles. The van der Waals surface area contributed by atoms with Crippen molar-refractivity contribution in [1.82, 2.24) is 9.97 Å². The standard InChI is InChI=1S/2C5H4N2O2S.2ClH.Sn/c2*8-7(9)4-2-1-3-6-5(4)10;;;/h2*1-3H,(H,6,10);2*1H;/q;;;;+4/p-4. The average molecular weight is 500 g/mol. The topological polar surface area (TPSA) is 112 Å². The minimum atomic E-state index is -4.11.